The summed E-state index contributed by atoms with van der Waals surface area (Å²) in [6.07, 6.45) is 3.36. The van der Waals surface area contributed by atoms with E-state index in [-0.39, 0.29) is 0 Å². The normalized spacial score (nSPS) is 10.1. The minimum absolute atomic E-state index is 0.702. The maximum atomic E-state index is 5.17. The fraction of sp³-hybridized carbons (Fsp3) is 0.222. The maximum Gasteiger partial charge on any atom is 0.146 e. The second-order valence-corrected chi connectivity index (χ2v) is 2.77. The minimum atomic E-state index is 0.702. The Kier molecular flexibility index (Phi) is 2.14. The first-order valence-electron chi connectivity index (χ1n) is 4.17. The molecule has 0 amide bonds. The molecule has 0 bridgehead atoms. The van der Waals surface area contributed by atoms with E-state index in [0.717, 1.165) is 0 Å². The van der Waals surface area contributed by atoms with Gasteiger partial charge in [-0.25, -0.2) is 0 Å². The summed E-state index contributed by atoms with van der Waals surface area (Å²) >= 11 is 0. The fourth-order valence-corrected chi connectivity index (χ4v) is 1.20. The highest BCUT2D eigenvalue weighted by Gasteiger charge is 2.09. The summed E-state index contributed by atoms with van der Waals surface area (Å²) in [6.45, 7) is 0. The molecule has 2 heterocycles. The Morgan fingerprint density at radius 1 is 1.43 bits per heavy atom. The highest BCUT2D eigenvalue weighted by atomic mass is 16.5. The van der Waals surface area contributed by atoms with Crippen LogP contribution in [0.3, 0.4) is 0 Å². The van der Waals surface area contributed by atoms with Gasteiger partial charge in [0.25, 0.3) is 0 Å². The molecule has 5 nitrogen and oxygen atoms in total. The molecule has 72 valence electrons. The first kappa shape index (κ1) is 8.68. The number of nitrogens with zero attached hydrogens (tertiary/aromatic N) is 4. The number of hydrogen-bond acceptors (Lipinski definition) is 4. The van der Waals surface area contributed by atoms with Crippen LogP contribution in [0.25, 0.3) is 11.4 Å². The van der Waals surface area contributed by atoms with Crippen molar-refractivity contribution in [2.24, 2.45) is 7.05 Å². The molecule has 0 aliphatic carbocycles. The fourth-order valence-electron chi connectivity index (χ4n) is 1.20. The number of methoxy groups -OCH3 is 1. The molecule has 14 heavy (non-hydrogen) atoms. The minimum Gasteiger partial charge on any atom is -0.494 e. The zero-order valence-corrected chi connectivity index (χ0v) is 8.01. The van der Waals surface area contributed by atoms with E-state index in [1.807, 2.05) is 12.1 Å². The van der Waals surface area contributed by atoms with E-state index in [9.17, 15) is 0 Å². The average Bonchev–Trinajstić information content (AvgIpc) is 2.65. The second kappa shape index (κ2) is 3.45. The van der Waals surface area contributed by atoms with Crippen molar-refractivity contribution in [2.75, 3.05) is 7.11 Å². The van der Waals surface area contributed by atoms with Crippen LogP contribution in [0.4, 0.5) is 0 Å². The lowest BCUT2D eigenvalue weighted by Crippen LogP contribution is -1.94. The molecule has 0 fully saturated rings. The van der Waals surface area contributed by atoms with Gasteiger partial charge in [-0.2, -0.15) is 15.0 Å². The Balaban J connectivity index is 2.50. The molecule has 2 aromatic heterocycles. The summed E-state index contributed by atoms with van der Waals surface area (Å²) in [5, 5.41) is 8.13. The molecule has 0 unspecified atom stereocenters. The van der Waals surface area contributed by atoms with Gasteiger partial charge in [0, 0.05) is 13.2 Å². The first-order valence-corrected chi connectivity index (χ1v) is 4.17. The van der Waals surface area contributed by atoms with Gasteiger partial charge in [-0.05, 0) is 12.1 Å². The number of aryl methyl sites for hydroxylation is 1. The Morgan fingerprint density at radius 2 is 2.29 bits per heavy atom. The summed E-state index contributed by atoms with van der Waals surface area (Å²) in [5.41, 5.74) is 1.42. The molecule has 0 saturated carbocycles. The van der Waals surface area contributed by atoms with E-state index >= 15 is 0 Å². The molecular weight excluding hydrogens is 180 g/mol. The lowest BCUT2D eigenvalue weighted by atomic mass is 10.2. The number of hydrogen-bond donors (Lipinski definition) is 0. The van der Waals surface area contributed by atoms with Crippen LogP contribution in [-0.2, 0) is 7.05 Å². The van der Waals surface area contributed by atoms with Gasteiger partial charge in [0.15, 0.2) is 0 Å². The van der Waals surface area contributed by atoms with E-state index in [1.165, 1.54) is 4.80 Å². The van der Waals surface area contributed by atoms with E-state index in [4.69, 9.17) is 4.74 Å². The number of pyridine rings is 1. The van der Waals surface area contributed by atoms with E-state index in [1.54, 1.807) is 26.6 Å². The zero-order valence-electron chi connectivity index (χ0n) is 8.01. The molecule has 2 aromatic rings. The van der Waals surface area contributed by atoms with Crippen molar-refractivity contribution < 1.29 is 4.74 Å². The summed E-state index contributed by atoms with van der Waals surface area (Å²) in [7, 11) is 3.37. The third-order valence-electron chi connectivity index (χ3n) is 1.83. The molecule has 0 aliphatic heterocycles. The summed E-state index contributed by atoms with van der Waals surface area (Å²) < 4.78 is 5.17. The predicted octanol–water partition coefficient (Wildman–Crippen LogP) is 0.886. The number of aromatic nitrogens is 4. The van der Waals surface area contributed by atoms with Crippen LogP contribution in [0, 0.1) is 0 Å². The summed E-state index contributed by atoms with van der Waals surface area (Å²) in [5.74, 6) is 0.702. The molecule has 5 heteroatoms. The number of ether oxygens (including phenoxy) is 1. The molecule has 2 rings (SSSR count). The quantitative estimate of drug-likeness (QED) is 0.705. The van der Waals surface area contributed by atoms with Gasteiger partial charge < -0.3 is 4.74 Å². The van der Waals surface area contributed by atoms with Crippen molar-refractivity contribution >= 4 is 0 Å². The third-order valence-corrected chi connectivity index (χ3v) is 1.83. The lowest BCUT2D eigenvalue weighted by Gasteiger charge is -2.02. The standard InChI is InChI=1S/C9H10N4O/c1-13-11-6-7(12-13)9-8(14-2)4-3-5-10-9/h3-6H,1-2H3. The molecule has 0 atom stereocenters. The second-order valence-electron chi connectivity index (χ2n) is 2.77. The largest absolute Gasteiger partial charge is 0.494 e. The van der Waals surface area contributed by atoms with Crippen LogP contribution in [0.2, 0.25) is 0 Å². The molecule has 0 radical (unpaired) electrons. The van der Waals surface area contributed by atoms with Crippen LogP contribution in [0.1, 0.15) is 0 Å². The molecule has 0 spiro atoms. The van der Waals surface area contributed by atoms with Crippen molar-refractivity contribution in [3.63, 3.8) is 0 Å². The summed E-state index contributed by atoms with van der Waals surface area (Å²) in [4.78, 5) is 5.68. The van der Waals surface area contributed by atoms with Crippen molar-refractivity contribution in [3.8, 4) is 17.1 Å². The van der Waals surface area contributed by atoms with Gasteiger partial charge in [0.1, 0.15) is 17.1 Å². The van der Waals surface area contributed by atoms with Crippen molar-refractivity contribution in [3.05, 3.63) is 24.5 Å². The van der Waals surface area contributed by atoms with Crippen molar-refractivity contribution in [1.82, 2.24) is 20.0 Å². The summed E-state index contributed by atoms with van der Waals surface area (Å²) in [6, 6.07) is 3.66. The smallest absolute Gasteiger partial charge is 0.146 e. The van der Waals surface area contributed by atoms with Crippen LogP contribution >= 0.6 is 0 Å². The van der Waals surface area contributed by atoms with Gasteiger partial charge in [0.05, 0.1) is 13.3 Å². The van der Waals surface area contributed by atoms with Crippen molar-refractivity contribution in [1.29, 1.82) is 0 Å². The monoisotopic (exact) mass is 190 g/mol. The van der Waals surface area contributed by atoms with Crippen LogP contribution in [-0.4, -0.2) is 27.1 Å². The maximum absolute atomic E-state index is 5.17. The Morgan fingerprint density at radius 3 is 2.93 bits per heavy atom. The Hall–Kier alpha value is -1.91. The van der Waals surface area contributed by atoms with Crippen LogP contribution in [0.15, 0.2) is 24.5 Å². The molecule has 0 N–H and O–H groups in total. The lowest BCUT2D eigenvalue weighted by molar-refractivity contribution is 0.414. The molecular formula is C9H10N4O. The highest BCUT2D eigenvalue weighted by Crippen LogP contribution is 2.24. The van der Waals surface area contributed by atoms with Gasteiger partial charge >= 0.3 is 0 Å². The van der Waals surface area contributed by atoms with E-state index in [2.05, 4.69) is 15.2 Å². The average molecular weight is 190 g/mol. The van der Waals surface area contributed by atoms with Crippen molar-refractivity contribution in [2.45, 2.75) is 0 Å². The van der Waals surface area contributed by atoms with Crippen LogP contribution in [0.5, 0.6) is 5.75 Å². The highest BCUT2D eigenvalue weighted by molar-refractivity contribution is 5.60. The van der Waals surface area contributed by atoms with Crippen LogP contribution < -0.4 is 4.74 Å². The van der Waals surface area contributed by atoms with Gasteiger partial charge in [0.2, 0.25) is 0 Å². The number of rotatable bonds is 2. The van der Waals surface area contributed by atoms with E-state index < -0.39 is 0 Å². The molecule has 0 aliphatic rings. The predicted molar refractivity (Wildman–Crippen MR) is 50.8 cm³/mol. The van der Waals surface area contributed by atoms with Gasteiger partial charge in [-0.1, -0.05) is 0 Å². The SMILES string of the molecule is COc1cccnc1-c1cnn(C)n1. The molecule has 0 aromatic carbocycles. The Bertz CT molecular complexity index is 438. The van der Waals surface area contributed by atoms with Gasteiger partial charge in [-0.3, -0.25) is 4.98 Å². The first-order chi connectivity index (χ1) is 6.81. The Labute approximate surface area is 81.3 Å². The van der Waals surface area contributed by atoms with E-state index in [0.29, 0.717) is 17.1 Å². The van der Waals surface area contributed by atoms with Gasteiger partial charge in [-0.15, -0.1) is 0 Å². The topological polar surface area (TPSA) is 52.8 Å². The molecule has 0 saturated heterocycles. The zero-order chi connectivity index (χ0) is 9.97. The third kappa shape index (κ3) is 1.44.